The Morgan fingerprint density at radius 3 is 2.48 bits per heavy atom. The number of carbonyl (C=O) groups is 1. The number of nitrogens with zero attached hydrogens (tertiary/aromatic N) is 3. The van der Waals surface area contributed by atoms with Gasteiger partial charge in [0.25, 0.3) is 0 Å². The van der Waals surface area contributed by atoms with Crippen LogP contribution in [0.2, 0.25) is 5.02 Å². The Labute approximate surface area is 200 Å². The van der Waals surface area contributed by atoms with Crippen LogP contribution in [0.4, 0.5) is 0 Å². The molecular formula is C27H30ClN3O2. The van der Waals surface area contributed by atoms with Crippen LogP contribution in [0.5, 0.6) is 0 Å². The van der Waals surface area contributed by atoms with E-state index >= 15 is 0 Å². The number of aromatic carboxylic acids is 1. The molecule has 2 aliphatic rings. The molecule has 5 nitrogen and oxygen atoms in total. The SMILES string of the molecule is O=C(O)c1c(CN2CCC(N3CCCCC3)CC2)c(-c2cccc(Cl)c2)nc2ccccc12. The van der Waals surface area contributed by atoms with Crippen molar-refractivity contribution in [2.45, 2.75) is 44.7 Å². The molecule has 0 aliphatic carbocycles. The van der Waals surface area contributed by atoms with Crippen molar-refractivity contribution in [3.63, 3.8) is 0 Å². The largest absolute Gasteiger partial charge is 0.478 e. The second-order valence-electron chi connectivity index (χ2n) is 9.25. The summed E-state index contributed by atoms with van der Waals surface area (Å²) in [5.74, 6) is -0.907. The quantitative estimate of drug-likeness (QED) is 0.525. The van der Waals surface area contributed by atoms with Gasteiger partial charge in [-0.25, -0.2) is 9.78 Å². The number of fused-ring (bicyclic) bond motifs is 1. The molecule has 33 heavy (non-hydrogen) atoms. The number of halogens is 1. The highest BCUT2D eigenvalue weighted by molar-refractivity contribution is 6.30. The van der Waals surface area contributed by atoms with Crippen LogP contribution in [0.15, 0.2) is 48.5 Å². The molecule has 0 unspecified atom stereocenters. The Morgan fingerprint density at radius 2 is 1.76 bits per heavy atom. The van der Waals surface area contributed by atoms with Gasteiger partial charge >= 0.3 is 5.97 Å². The Bertz CT molecular complexity index is 1150. The van der Waals surface area contributed by atoms with Gasteiger partial charge in [0.1, 0.15) is 0 Å². The first-order chi connectivity index (χ1) is 16.1. The van der Waals surface area contributed by atoms with Gasteiger partial charge in [-0.05, 0) is 70.1 Å². The summed E-state index contributed by atoms with van der Waals surface area (Å²) in [6, 6.07) is 15.7. The summed E-state index contributed by atoms with van der Waals surface area (Å²) in [6.45, 7) is 4.97. The summed E-state index contributed by atoms with van der Waals surface area (Å²) in [5.41, 5.74) is 3.40. The molecule has 0 radical (unpaired) electrons. The van der Waals surface area contributed by atoms with Gasteiger partial charge in [0.2, 0.25) is 0 Å². The molecule has 2 fully saturated rings. The lowest BCUT2D eigenvalue weighted by Gasteiger charge is -2.40. The number of likely N-dealkylation sites (tertiary alicyclic amines) is 2. The number of carboxylic acid groups (broad SMARTS) is 1. The highest BCUT2D eigenvalue weighted by Gasteiger charge is 2.28. The molecule has 3 aromatic rings. The molecule has 172 valence electrons. The molecule has 0 atom stereocenters. The summed E-state index contributed by atoms with van der Waals surface area (Å²) in [4.78, 5) is 22.5. The first kappa shape index (κ1) is 22.3. The maximum absolute atomic E-state index is 12.5. The Hall–Kier alpha value is -2.47. The molecule has 1 aromatic heterocycles. The minimum absolute atomic E-state index is 0.355. The average molecular weight is 464 g/mol. The van der Waals surface area contributed by atoms with E-state index in [9.17, 15) is 9.90 Å². The second kappa shape index (κ2) is 9.80. The number of para-hydroxylation sites is 1. The van der Waals surface area contributed by atoms with Crippen LogP contribution in [0.1, 0.15) is 48.0 Å². The van der Waals surface area contributed by atoms with E-state index in [1.54, 1.807) is 0 Å². The number of pyridine rings is 1. The molecule has 6 heteroatoms. The zero-order valence-corrected chi connectivity index (χ0v) is 19.6. The van der Waals surface area contributed by atoms with Gasteiger partial charge in [-0.15, -0.1) is 0 Å². The van der Waals surface area contributed by atoms with Crippen LogP contribution in [0.3, 0.4) is 0 Å². The zero-order chi connectivity index (χ0) is 22.8. The fraction of sp³-hybridized carbons (Fsp3) is 0.407. The van der Waals surface area contributed by atoms with Crippen molar-refractivity contribution in [3.8, 4) is 11.3 Å². The number of rotatable bonds is 5. The third-order valence-corrected chi connectivity index (χ3v) is 7.39. The lowest BCUT2D eigenvalue weighted by atomic mass is 9.94. The van der Waals surface area contributed by atoms with E-state index in [1.165, 1.54) is 32.4 Å². The summed E-state index contributed by atoms with van der Waals surface area (Å²) in [7, 11) is 0. The fourth-order valence-electron chi connectivity index (χ4n) is 5.47. The first-order valence-electron chi connectivity index (χ1n) is 12.0. The predicted molar refractivity (Wildman–Crippen MR) is 133 cm³/mol. The Morgan fingerprint density at radius 1 is 1.00 bits per heavy atom. The monoisotopic (exact) mass is 463 g/mol. The van der Waals surface area contributed by atoms with Crippen LogP contribution < -0.4 is 0 Å². The number of aromatic nitrogens is 1. The molecule has 0 amide bonds. The standard InChI is InChI=1S/C27H30ClN3O2/c28-20-8-6-7-19(17-20)26-23(25(27(32)33)22-9-2-3-10-24(22)29-26)18-30-15-11-21(12-16-30)31-13-4-1-5-14-31/h2-3,6-10,17,21H,1,4-5,11-16,18H2,(H,32,33). The van der Waals surface area contributed by atoms with Gasteiger partial charge in [0.05, 0.1) is 16.8 Å². The van der Waals surface area contributed by atoms with Gasteiger partial charge in [0.15, 0.2) is 0 Å². The number of benzene rings is 2. The van der Waals surface area contributed by atoms with Gasteiger partial charge in [0, 0.05) is 34.1 Å². The van der Waals surface area contributed by atoms with Crippen LogP contribution in [-0.2, 0) is 6.54 Å². The van der Waals surface area contributed by atoms with E-state index in [4.69, 9.17) is 16.6 Å². The van der Waals surface area contributed by atoms with Crippen molar-refractivity contribution in [2.24, 2.45) is 0 Å². The number of hydrogen-bond acceptors (Lipinski definition) is 4. The van der Waals surface area contributed by atoms with Crippen molar-refractivity contribution in [3.05, 3.63) is 64.7 Å². The molecule has 3 heterocycles. The maximum Gasteiger partial charge on any atom is 0.336 e. The molecule has 2 aromatic carbocycles. The molecule has 5 rings (SSSR count). The smallest absolute Gasteiger partial charge is 0.336 e. The molecular weight excluding hydrogens is 434 g/mol. The van der Waals surface area contributed by atoms with E-state index < -0.39 is 5.97 Å². The third-order valence-electron chi connectivity index (χ3n) is 7.15. The van der Waals surface area contributed by atoms with Crippen LogP contribution in [0, 0.1) is 0 Å². The minimum Gasteiger partial charge on any atom is -0.478 e. The van der Waals surface area contributed by atoms with Crippen molar-refractivity contribution in [2.75, 3.05) is 26.2 Å². The summed E-state index contributed by atoms with van der Waals surface area (Å²) >= 11 is 6.29. The number of piperidine rings is 2. The minimum atomic E-state index is -0.907. The number of carboxylic acids is 1. The van der Waals surface area contributed by atoms with Gasteiger partial charge in [-0.3, -0.25) is 4.90 Å². The normalized spacial score (nSPS) is 18.6. The van der Waals surface area contributed by atoms with Gasteiger partial charge < -0.3 is 10.0 Å². The lowest BCUT2D eigenvalue weighted by molar-refractivity contribution is 0.0692. The van der Waals surface area contributed by atoms with E-state index in [-0.39, 0.29) is 0 Å². The van der Waals surface area contributed by atoms with Crippen molar-refractivity contribution >= 4 is 28.5 Å². The van der Waals surface area contributed by atoms with Gasteiger partial charge in [-0.2, -0.15) is 0 Å². The Kier molecular flexibility index (Phi) is 6.63. The maximum atomic E-state index is 12.5. The average Bonchev–Trinajstić information content (AvgIpc) is 2.84. The molecule has 0 bridgehead atoms. The summed E-state index contributed by atoms with van der Waals surface area (Å²) in [6.07, 6.45) is 6.25. The molecule has 0 saturated carbocycles. The van der Waals surface area contributed by atoms with E-state index in [1.807, 2.05) is 48.5 Å². The van der Waals surface area contributed by atoms with Crippen molar-refractivity contribution < 1.29 is 9.90 Å². The lowest BCUT2D eigenvalue weighted by Crippen LogP contribution is -2.46. The zero-order valence-electron chi connectivity index (χ0n) is 18.8. The fourth-order valence-corrected chi connectivity index (χ4v) is 5.66. The first-order valence-corrected chi connectivity index (χ1v) is 12.3. The topological polar surface area (TPSA) is 56.7 Å². The predicted octanol–water partition coefficient (Wildman–Crippen LogP) is 5.70. The van der Waals surface area contributed by atoms with Crippen molar-refractivity contribution in [1.82, 2.24) is 14.8 Å². The molecule has 2 saturated heterocycles. The van der Waals surface area contributed by atoms with E-state index in [0.717, 1.165) is 37.1 Å². The van der Waals surface area contributed by atoms with Crippen LogP contribution in [0.25, 0.3) is 22.2 Å². The van der Waals surface area contributed by atoms with Gasteiger partial charge in [-0.1, -0.05) is 48.4 Å². The molecule has 2 aliphatic heterocycles. The Balaban J connectivity index is 1.49. The summed E-state index contributed by atoms with van der Waals surface area (Å²) < 4.78 is 0. The number of hydrogen-bond donors (Lipinski definition) is 1. The van der Waals surface area contributed by atoms with Crippen LogP contribution >= 0.6 is 11.6 Å². The molecule has 0 spiro atoms. The van der Waals surface area contributed by atoms with E-state index in [2.05, 4.69) is 9.80 Å². The second-order valence-corrected chi connectivity index (χ2v) is 9.69. The summed E-state index contributed by atoms with van der Waals surface area (Å²) in [5, 5.41) is 11.6. The van der Waals surface area contributed by atoms with E-state index in [0.29, 0.717) is 39.8 Å². The molecule has 1 N–H and O–H groups in total. The highest BCUT2D eigenvalue weighted by atomic mass is 35.5. The van der Waals surface area contributed by atoms with Crippen LogP contribution in [-0.4, -0.2) is 58.1 Å². The third kappa shape index (κ3) is 4.77. The van der Waals surface area contributed by atoms with Crippen molar-refractivity contribution in [1.29, 1.82) is 0 Å². The highest BCUT2D eigenvalue weighted by Crippen LogP contribution is 2.33.